The standard InChI is InChI=1S/C22H24N4O3S/c1-3-5-12-30-22-24-21-19(25-26-22)15-8-6-7-9-16(15)23-20(29-21)14-10-11-17(27)18(13-14)28-4-2/h6-11,13,20,23,27H,3-5,12H2,1-2H3/t20-/m0/s1. The summed E-state index contributed by atoms with van der Waals surface area (Å²) in [5, 5.41) is 22.8. The van der Waals surface area contributed by atoms with Crippen LogP contribution in [0.1, 0.15) is 38.5 Å². The lowest BCUT2D eigenvalue weighted by Gasteiger charge is -2.20. The lowest BCUT2D eigenvalue weighted by atomic mass is 10.1. The Bertz CT molecular complexity index is 1030. The first-order valence-electron chi connectivity index (χ1n) is 10.1. The summed E-state index contributed by atoms with van der Waals surface area (Å²) in [6.07, 6.45) is 1.68. The number of hydrogen-bond acceptors (Lipinski definition) is 8. The van der Waals surface area contributed by atoms with Crippen molar-refractivity contribution in [3.05, 3.63) is 48.0 Å². The predicted molar refractivity (Wildman–Crippen MR) is 117 cm³/mol. The minimum atomic E-state index is -0.530. The lowest BCUT2D eigenvalue weighted by molar-refractivity contribution is 0.224. The number of nitrogens with zero attached hydrogens (tertiary/aromatic N) is 3. The van der Waals surface area contributed by atoms with Crippen LogP contribution in [0.3, 0.4) is 0 Å². The van der Waals surface area contributed by atoms with E-state index in [0.717, 1.165) is 35.4 Å². The van der Waals surface area contributed by atoms with E-state index >= 15 is 0 Å². The van der Waals surface area contributed by atoms with Crippen molar-refractivity contribution in [1.29, 1.82) is 0 Å². The molecule has 4 rings (SSSR count). The van der Waals surface area contributed by atoms with E-state index in [9.17, 15) is 5.11 Å². The predicted octanol–water partition coefficient (Wildman–Crippen LogP) is 5.04. The maximum absolute atomic E-state index is 10.1. The third-order valence-electron chi connectivity index (χ3n) is 4.65. The van der Waals surface area contributed by atoms with Gasteiger partial charge in [0.15, 0.2) is 23.4 Å². The molecule has 1 aliphatic heterocycles. The Kier molecular flexibility index (Phi) is 6.23. The van der Waals surface area contributed by atoms with Crippen LogP contribution in [0.5, 0.6) is 17.4 Å². The smallest absolute Gasteiger partial charge is 0.247 e. The number of thioether (sulfide) groups is 1. The fourth-order valence-electron chi connectivity index (χ4n) is 3.13. The summed E-state index contributed by atoms with van der Waals surface area (Å²) >= 11 is 1.58. The molecule has 0 saturated carbocycles. The van der Waals surface area contributed by atoms with Gasteiger partial charge in [0.2, 0.25) is 11.0 Å². The highest BCUT2D eigenvalue weighted by molar-refractivity contribution is 7.99. The van der Waals surface area contributed by atoms with Crippen LogP contribution in [0.25, 0.3) is 11.3 Å². The number of para-hydroxylation sites is 1. The molecule has 7 nitrogen and oxygen atoms in total. The lowest BCUT2D eigenvalue weighted by Crippen LogP contribution is -2.17. The summed E-state index contributed by atoms with van der Waals surface area (Å²) < 4.78 is 11.8. The van der Waals surface area contributed by atoms with E-state index in [4.69, 9.17) is 9.47 Å². The average molecular weight is 425 g/mol. The molecule has 0 fully saturated rings. The van der Waals surface area contributed by atoms with Gasteiger partial charge >= 0.3 is 0 Å². The van der Waals surface area contributed by atoms with E-state index in [0.29, 0.717) is 29.1 Å². The molecule has 1 aliphatic rings. The van der Waals surface area contributed by atoms with Crippen LogP contribution in [0.2, 0.25) is 0 Å². The Labute approximate surface area is 179 Å². The number of aromatic hydroxyl groups is 1. The highest BCUT2D eigenvalue weighted by Crippen LogP contribution is 2.40. The number of unbranched alkanes of at least 4 members (excludes halogenated alkanes) is 1. The number of phenolic OH excluding ortho intramolecular Hbond substituents is 1. The summed E-state index contributed by atoms with van der Waals surface area (Å²) in [6, 6.07) is 13.0. The molecule has 2 N–H and O–H groups in total. The second-order valence-electron chi connectivity index (χ2n) is 6.80. The maximum Gasteiger partial charge on any atom is 0.247 e. The SMILES string of the molecule is CCCCSc1nnc2c(n1)O[C@@H](c1ccc(O)c(OCC)c1)Nc1ccccc1-2. The molecule has 30 heavy (non-hydrogen) atoms. The Balaban J connectivity index is 1.73. The minimum Gasteiger partial charge on any atom is -0.504 e. The van der Waals surface area contributed by atoms with Gasteiger partial charge in [0.05, 0.1) is 6.61 Å². The molecule has 0 radical (unpaired) electrons. The van der Waals surface area contributed by atoms with Crippen molar-refractivity contribution >= 4 is 17.4 Å². The van der Waals surface area contributed by atoms with Gasteiger partial charge in [-0.2, -0.15) is 4.98 Å². The van der Waals surface area contributed by atoms with E-state index in [2.05, 4.69) is 27.4 Å². The second kappa shape index (κ2) is 9.21. The number of ether oxygens (including phenoxy) is 2. The molecule has 1 atom stereocenters. The molecule has 0 spiro atoms. The van der Waals surface area contributed by atoms with Gasteiger partial charge in [0.25, 0.3) is 0 Å². The van der Waals surface area contributed by atoms with Crippen LogP contribution in [0.15, 0.2) is 47.6 Å². The van der Waals surface area contributed by atoms with Crippen LogP contribution in [-0.4, -0.2) is 32.6 Å². The third-order valence-corrected chi connectivity index (χ3v) is 5.57. The maximum atomic E-state index is 10.1. The first-order chi connectivity index (χ1) is 14.7. The van der Waals surface area contributed by atoms with Crippen LogP contribution in [0, 0.1) is 0 Å². The molecular formula is C22H24N4O3S. The number of aromatic nitrogens is 3. The van der Waals surface area contributed by atoms with E-state index in [-0.39, 0.29) is 5.75 Å². The van der Waals surface area contributed by atoms with Crippen molar-refractivity contribution in [2.24, 2.45) is 0 Å². The molecule has 0 bridgehead atoms. The van der Waals surface area contributed by atoms with E-state index < -0.39 is 6.23 Å². The normalized spacial score (nSPS) is 14.7. The van der Waals surface area contributed by atoms with Crippen molar-refractivity contribution in [1.82, 2.24) is 15.2 Å². The van der Waals surface area contributed by atoms with E-state index in [1.165, 1.54) is 0 Å². The highest BCUT2D eigenvalue weighted by Gasteiger charge is 2.26. The fourth-order valence-corrected chi connectivity index (χ4v) is 3.99. The Morgan fingerprint density at radius 3 is 2.87 bits per heavy atom. The van der Waals surface area contributed by atoms with Crippen LogP contribution < -0.4 is 14.8 Å². The quantitative estimate of drug-likeness (QED) is 0.403. The molecule has 8 heteroatoms. The van der Waals surface area contributed by atoms with Crippen LogP contribution in [0.4, 0.5) is 5.69 Å². The highest BCUT2D eigenvalue weighted by atomic mass is 32.2. The Hall–Kier alpha value is -3.00. The largest absolute Gasteiger partial charge is 0.504 e. The number of hydrogen-bond donors (Lipinski definition) is 2. The van der Waals surface area contributed by atoms with Gasteiger partial charge in [-0.05, 0) is 37.6 Å². The summed E-state index contributed by atoms with van der Waals surface area (Å²) in [4.78, 5) is 4.64. The third kappa shape index (κ3) is 4.28. The van der Waals surface area contributed by atoms with Gasteiger partial charge in [-0.15, -0.1) is 10.2 Å². The van der Waals surface area contributed by atoms with Gasteiger partial charge in [0, 0.05) is 22.6 Å². The van der Waals surface area contributed by atoms with Gasteiger partial charge < -0.3 is 19.9 Å². The number of fused-ring (bicyclic) bond motifs is 3. The van der Waals surface area contributed by atoms with Crippen molar-refractivity contribution in [3.63, 3.8) is 0 Å². The molecule has 2 heterocycles. The first kappa shape index (κ1) is 20.3. The first-order valence-corrected chi connectivity index (χ1v) is 11.0. The summed E-state index contributed by atoms with van der Waals surface area (Å²) in [5.41, 5.74) is 3.15. The Morgan fingerprint density at radius 2 is 2.03 bits per heavy atom. The zero-order valence-electron chi connectivity index (χ0n) is 17.0. The second-order valence-corrected chi connectivity index (χ2v) is 7.86. The molecule has 2 aromatic carbocycles. The zero-order valence-corrected chi connectivity index (χ0v) is 17.8. The molecule has 3 aromatic rings. The monoisotopic (exact) mass is 424 g/mol. The van der Waals surface area contributed by atoms with E-state index in [1.807, 2.05) is 31.2 Å². The molecular weight excluding hydrogens is 400 g/mol. The topological polar surface area (TPSA) is 89.4 Å². The van der Waals surface area contributed by atoms with E-state index in [1.54, 1.807) is 30.0 Å². The summed E-state index contributed by atoms with van der Waals surface area (Å²) in [7, 11) is 0. The molecule has 0 amide bonds. The molecule has 156 valence electrons. The van der Waals surface area contributed by atoms with Crippen LogP contribution in [-0.2, 0) is 0 Å². The van der Waals surface area contributed by atoms with Crippen LogP contribution >= 0.6 is 11.8 Å². The number of nitrogens with one attached hydrogen (secondary N) is 1. The van der Waals surface area contributed by atoms with Crippen molar-refractivity contribution < 1.29 is 14.6 Å². The van der Waals surface area contributed by atoms with Gasteiger partial charge in [0.1, 0.15) is 0 Å². The number of phenols is 1. The molecule has 0 aliphatic carbocycles. The van der Waals surface area contributed by atoms with Gasteiger partial charge in [-0.25, -0.2) is 0 Å². The molecule has 1 aromatic heterocycles. The average Bonchev–Trinajstić information content (AvgIpc) is 2.92. The Morgan fingerprint density at radius 1 is 1.17 bits per heavy atom. The van der Waals surface area contributed by atoms with Gasteiger partial charge in [-0.3, -0.25) is 0 Å². The number of anilines is 1. The summed E-state index contributed by atoms with van der Waals surface area (Å²) in [5.74, 6) is 1.87. The van der Waals surface area contributed by atoms with Crippen molar-refractivity contribution in [3.8, 4) is 28.6 Å². The van der Waals surface area contributed by atoms with Crippen molar-refractivity contribution in [2.45, 2.75) is 38.1 Å². The van der Waals surface area contributed by atoms with Gasteiger partial charge in [-0.1, -0.05) is 43.3 Å². The zero-order chi connectivity index (χ0) is 20.9. The summed E-state index contributed by atoms with van der Waals surface area (Å²) in [6.45, 7) is 4.48. The molecule has 0 unspecified atom stereocenters. The van der Waals surface area contributed by atoms with Crippen molar-refractivity contribution in [2.75, 3.05) is 17.7 Å². The number of benzene rings is 2. The molecule has 0 saturated heterocycles. The minimum absolute atomic E-state index is 0.0913. The number of rotatable bonds is 7. The fraction of sp³-hybridized carbons (Fsp3) is 0.318.